The third-order valence-corrected chi connectivity index (χ3v) is 5.15. The fourth-order valence-corrected chi connectivity index (χ4v) is 3.80. The molecule has 0 unspecified atom stereocenters. The number of carbonyl (C=O) groups excluding carboxylic acids is 2. The summed E-state index contributed by atoms with van der Waals surface area (Å²) in [7, 11) is 0. The minimum absolute atomic E-state index is 0.0961. The Labute approximate surface area is 165 Å². The van der Waals surface area contributed by atoms with E-state index in [1.165, 1.54) is 0 Å². The molecule has 3 rings (SSSR count). The van der Waals surface area contributed by atoms with Crippen LogP contribution in [0, 0.1) is 13.8 Å². The molecule has 1 aliphatic rings. The van der Waals surface area contributed by atoms with Gasteiger partial charge >= 0.3 is 5.97 Å². The third kappa shape index (κ3) is 4.28. The molecule has 1 atom stereocenters. The second-order valence-electron chi connectivity index (χ2n) is 7.05. The van der Waals surface area contributed by atoms with Crippen LogP contribution in [0.25, 0.3) is 11.3 Å². The van der Waals surface area contributed by atoms with E-state index in [2.05, 4.69) is 5.32 Å². The molecular formula is C22H28N2O4. The van der Waals surface area contributed by atoms with Crippen LogP contribution in [0.4, 0.5) is 0 Å². The Morgan fingerprint density at radius 1 is 1.25 bits per heavy atom. The smallest absolute Gasteiger partial charge is 0.340 e. The van der Waals surface area contributed by atoms with Crippen molar-refractivity contribution in [3.63, 3.8) is 0 Å². The minimum Gasteiger partial charge on any atom is -0.462 e. The summed E-state index contributed by atoms with van der Waals surface area (Å²) >= 11 is 0. The zero-order valence-corrected chi connectivity index (χ0v) is 16.8. The van der Waals surface area contributed by atoms with E-state index in [0.29, 0.717) is 18.7 Å². The number of nitrogens with zero attached hydrogens (tertiary/aromatic N) is 1. The van der Waals surface area contributed by atoms with Gasteiger partial charge < -0.3 is 19.4 Å². The predicted octanol–water partition coefficient (Wildman–Crippen LogP) is 3.24. The molecule has 1 aromatic heterocycles. The molecule has 6 nitrogen and oxygen atoms in total. The second kappa shape index (κ2) is 9.06. The molecule has 0 aliphatic carbocycles. The summed E-state index contributed by atoms with van der Waals surface area (Å²) in [5, 5.41) is 2.96. The first-order chi connectivity index (χ1) is 13.5. The fourth-order valence-electron chi connectivity index (χ4n) is 3.80. The first-order valence-corrected chi connectivity index (χ1v) is 9.83. The molecule has 1 saturated heterocycles. The molecule has 2 heterocycles. The maximum atomic E-state index is 12.6. The maximum absolute atomic E-state index is 12.6. The SMILES string of the molecule is CCOC(=O)c1c(C)c(-c2ccccc2)n(CC(=O)NC[C@H]2CCCO2)c1C. The molecule has 1 aliphatic heterocycles. The van der Waals surface area contributed by atoms with E-state index in [4.69, 9.17) is 9.47 Å². The van der Waals surface area contributed by atoms with Crippen molar-refractivity contribution in [2.75, 3.05) is 19.8 Å². The molecule has 0 bridgehead atoms. The van der Waals surface area contributed by atoms with Crippen LogP contribution in [-0.4, -0.2) is 42.3 Å². The summed E-state index contributed by atoms with van der Waals surface area (Å²) in [4.78, 5) is 25.1. The van der Waals surface area contributed by atoms with Gasteiger partial charge in [0.05, 0.1) is 24.0 Å². The molecule has 1 N–H and O–H groups in total. The third-order valence-electron chi connectivity index (χ3n) is 5.15. The molecule has 1 aromatic carbocycles. The van der Waals surface area contributed by atoms with Gasteiger partial charge in [-0.2, -0.15) is 0 Å². The maximum Gasteiger partial charge on any atom is 0.340 e. The number of amides is 1. The Morgan fingerprint density at radius 2 is 2.00 bits per heavy atom. The number of rotatable bonds is 7. The van der Waals surface area contributed by atoms with Crippen molar-refractivity contribution in [1.29, 1.82) is 0 Å². The van der Waals surface area contributed by atoms with Crippen molar-refractivity contribution in [2.24, 2.45) is 0 Å². The van der Waals surface area contributed by atoms with Gasteiger partial charge in [-0.3, -0.25) is 4.79 Å². The Hall–Kier alpha value is -2.60. The quantitative estimate of drug-likeness (QED) is 0.744. The van der Waals surface area contributed by atoms with Crippen molar-refractivity contribution in [2.45, 2.75) is 46.3 Å². The predicted molar refractivity (Wildman–Crippen MR) is 107 cm³/mol. The first-order valence-electron chi connectivity index (χ1n) is 9.83. The summed E-state index contributed by atoms with van der Waals surface area (Å²) in [6, 6.07) is 9.81. The fraction of sp³-hybridized carbons (Fsp3) is 0.455. The van der Waals surface area contributed by atoms with Gasteiger partial charge in [-0.05, 0) is 44.7 Å². The van der Waals surface area contributed by atoms with E-state index >= 15 is 0 Å². The summed E-state index contributed by atoms with van der Waals surface area (Å²) < 4.78 is 12.7. The lowest BCUT2D eigenvalue weighted by molar-refractivity contribution is -0.122. The number of hydrogen-bond donors (Lipinski definition) is 1. The van der Waals surface area contributed by atoms with E-state index in [-0.39, 0.29) is 24.5 Å². The van der Waals surface area contributed by atoms with Crippen LogP contribution in [0.5, 0.6) is 0 Å². The number of aromatic nitrogens is 1. The lowest BCUT2D eigenvalue weighted by Gasteiger charge is -2.15. The lowest BCUT2D eigenvalue weighted by Crippen LogP contribution is -2.34. The molecule has 2 aromatic rings. The van der Waals surface area contributed by atoms with Crippen LogP contribution in [0.2, 0.25) is 0 Å². The summed E-state index contributed by atoms with van der Waals surface area (Å²) in [6.45, 7) is 7.28. The highest BCUT2D eigenvalue weighted by Crippen LogP contribution is 2.31. The molecule has 0 saturated carbocycles. The van der Waals surface area contributed by atoms with Crippen LogP contribution < -0.4 is 5.32 Å². The second-order valence-corrected chi connectivity index (χ2v) is 7.05. The number of hydrogen-bond acceptors (Lipinski definition) is 4. The first kappa shape index (κ1) is 20.1. The van der Waals surface area contributed by atoms with E-state index < -0.39 is 0 Å². The average Bonchev–Trinajstić information content (AvgIpc) is 3.28. The summed E-state index contributed by atoms with van der Waals surface area (Å²) in [5.41, 5.74) is 3.93. The molecule has 6 heteroatoms. The van der Waals surface area contributed by atoms with Gasteiger partial charge in [-0.1, -0.05) is 30.3 Å². The van der Waals surface area contributed by atoms with Crippen molar-refractivity contribution in [1.82, 2.24) is 9.88 Å². The highest BCUT2D eigenvalue weighted by Gasteiger charge is 2.25. The number of carbonyl (C=O) groups is 2. The monoisotopic (exact) mass is 384 g/mol. The number of benzene rings is 1. The van der Waals surface area contributed by atoms with Gasteiger partial charge in [-0.15, -0.1) is 0 Å². The largest absolute Gasteiger partial charge is 0.462 e. The highest BCUT2D eigenvalue weighted by molar-refractivity contribution is 5.95. The number of nitrogens with one attached hydrogen (secondary N) is 1. The van der Waals surface area contributed by atoms with Gasteiger partial charge in [0.1, 0.15) is 6.54 Å². The molecule has 0 radical (unpaired) electrons. The van der Waals surface area contributed by atoms with Crippen molar-refractivity contribution in [3.8, 4) is 11.3 Å². The van der Waals surface area contributed by atoms with Crippen LogP contribution in [0.3, 0.4) is 0 Å². The molecular weight excluding hydrogens is 356 g/mol. The van der Waals surface area contributed by atoms with Crippen molar-refractivity contribution in [3.05, 3.63) is 47.2 Å². The number of ether oxygens (including phenoxy) is 2. The van der Waals surface area contributed by atoms with Crippen molar-refractivity contribution < 1.29 is 19.1 Å². The standard InChI is InChI=1S/C22H28N2O4/c1-4-27-22(26)20-15(2)21(17-9-6-5-7-10-17)24(16(20)3)14-19(25)23-13-18-11-8-12-28-18/h5-7,9-10,18H,4,8,11-14H2,1-3H3,(H,23,25)/t18-/m1/s1. The van der Waals surface area contributed by atoms with Gasteiger partial charge in [0.2, 0.25) is 5.91 Å². The topological polar surface area (TPSA) is 69.6 Å². The van der Waals surface area contributed by atoms with Crippen molar-refractivity contribution >= 4 is 11.9 Å². The van der Waals surface area contributed by atoms with Gasteiger partial charge in [0, 0.05) is 18.8 Å². The van der Waals surface area contributed by atoms with E-state index in [0.717, 1.165) is 42.0 Å². The lowest BCUT2D eigenvalue weighted by atomic mass is 10.1. The summed E-state index contributed by atoms with van der Waals surface area (Å²) in [5.74, 6) is -0.450. The molecule has 150 valence electrons. The van der Waals surface area contributed by atoms with Gasteiger partial charge in [-0.25, -0.2) is 4.79 Å². The summed E-state index contributed by atoms with van der Waals surface area (Å²) in [6.07, 6.45) is 2.11. The molecule has 1 fully saturated rings. The molecule has 0 spiro atoms. The molecule has 28 heavy (non-hydrogen) atoms. The zero-order valence-electron chi connectivity index (χ0n) is 16.8. The Kier molecular flexibility index (Phi) is 6.52. The normalized spacial score (nSPS) is 16.2. The Morgan fingerprint density at radius 3 is 2.64 bits per heavy atom. The minimum atomic E-state index is -0.354. The van der Waals surface area contributed by atoms with E-state index in [1.807, 2.05) is 48.7 Å². The van der Waals surface area contributed by atoms with Crippen LogP contribution in [-0.2, 0) is 20.8 Å². The van der Waals surface area contributed by atoms with E-state index in [1.54, 1.807) is 6.92 Å². The Bertz CT molecular complexity index is 836. The number of esters is 1. The van der Waals surface area contributed by atoms with Crippen LogP contribution in [0.1, 0.15) is 41.4 Å². The molecule has 1 amide bonds. The van der Waals surface area contributed by atoms with Crippen LogP contribution >= 0.6 is 0 Å². The van der Waals surface area contributed by atoms with Gasteiger partial charge in [0.15, 0.2) is 0 Å². The Balaban J connectivity index is 1.90. The van der Waals surface area contributed by atoms with E-state index in [9.17, 15) is 9.59 Å². The average molecular weight is 384 g/mol. The zero-order chi connectivity index (χ0) is 20.1. The highest BCUT2D eigenvalue weighted by atomic mass is 16.5. The van der Waals surface area contributed by atoms with Crippen LogP contribution in [0.15, 0.2) is 30.3 Å². The van der Waals surface area contributed by atoms with Gasteiger partial charge in [0.25, 0.3) is 0 Å².